The van der Waals surface area contributed by atoms with Gasteiger partial charge in [0.1, 0.15) is 0 Å². The van der Waals surface area contributed by atoms with Crippen LogP contribution >= 0.6 is 22.7 Å². The minimum Gasteiger partial charge on any atom is -0.352 e. The molecule has 1 amide bonds. The maximum Gasteiger partial charge on any atom is 0.252 e. The quantitative estimate of drug-likeness (QED) is 0.510. The SMILES string of the molecule is CC(C)n1ncc2c(C(=O)NCCc3cccs3)cc(-c3cccs3)nc21. The summed E-state index contributed by atoms with van der Waals surface area (Å²) < 4.78 is 1.87. The largest absolute Gasteiger partial charge is 0.352 e. The van der Waals surface area contributed by atoms with Crippen molar-refractivity contribution in [1.29, 1.82) is 0 Å². The Morgan fingerprint density at radius 1 is 1.22 bits per heavy atom. The second-order valence-electron chi connectivity index (χ2n) is 6.54. The molecule has 0 aliphatic rings. The summed E-state index contributed by atoms with van der Waals surface area (Å²) >= 11 is 3.32. The summed E-state index contributed by atoms with van der Waals surface area (Å²) in [6.45, 7) is 4.73. The Bertz CT molecular complexity index is 1050. The zero-order valence-electron chi connectivity index (χ0n) is 15.2. The van der Waals surface area contributed by atoms with Gasteiger partial charge in [-0.3, -0.25) is 4.79 Å². The van der Waals surface area contributed by atoms with Crippen LogP contribution in [0.25, 0.3) is 21.6 Å². The number of hydrogen-bond donors (Lipinski definition) is 1. The highest BCUT2D eigenvalue weighted by Crippen LogP contribution is 2.28. The Morgan fingerprint density at radius 3 is 2.74 bits per heavy atom. The topological polar surface area (TPSA) is 59.8 Å². The molecule has 0 radical (unpaired) electrons. The van der Waals surface area contributed by atoms with E-state index in [1.165, 1.54) is 4.88 Å². The van der Waals surface area contributed by atoms with Crippen LogP contribution in [0.1, 0.15) is 35.1 Å². The van der Waals surface area contributed by atoms with E-state index in [0.717, 1.165) is 28.0 Å². The van der Waals surface area contributed by atoms with Crippen LogP contribution in [0, 0.1) is 0 Å². The molecule has 0 atom stereocenters. The molecule has 4 aromatic rings. The number of thiophene rings is 2. The predicted octanol–water partition coefficient (Wildman–Crippen LogP) is 4.77. The monoisotopic (exact) mass is 396 g/mol. The number of hydrogen-bond acceptors (Lipinski definition) is 5. The van der Waals surface area contributed by atoms with Gasteiger partial charge in [-0.25, -0.2) is 9.67 Å². The highest BCUT2D eigenvalue weighted by atomic mass is 32.1. The van der Waals surface area contributed by atoms with Gasteiger partial charge in [-0.2, -0.15) is 5.10 Å². The fourth-order valence-electron chi connectivity index (χ4n) is 2.98. The molecule has 4 aromatic heterocycles. The predicted molar refractivity (Wildman–Crippen MR) is 112 cm³/mol. The molecule has 4 heterocycles. The Labute approximate surface area is 165 Å². The van der Waals surface area contributed by atoms with Crippen LogP contribution in [0.15, 0.2) is 47.3 Å². The van der Waals surface area contributed by atoms with Gasteiger partial charge in [-0.1, -0.05) is 12.1 Å². The van der Waals surface area contributed by atoms with Crippen molar-refractivity contribution in [2.45, 2.75) is 26.3 Å². The number of pyridine rings is 1. The van der Waals surface area contributed by atoms with Gasteiger partial charge in [0.2, 0.25) is 0 Å². The first-order valence-corrected chi connectivity index (χ1v) is 10.6. The summed E-state index contributed by atoms with van der Waals surface area (Å²) in [6.07, 6.45) is 2.58. The molecule has 0 bridgehead atoms. The van der Waals surface area contributed by atoms with E-state index in [-0.39, 0.29) is 11.9 Å². The number of fused-ring (bicyclic) bond motifs is 1. The van der Waals surface area contributed by atoms with Crippen LogP contribution in [0.3, 0.4) is 0 Å². The minimum absolute atomic E-state index is 0.0833. The van der Waals surface area contributed by atoms with Crippen molar-refractivity contribution < 1.29 is 4.79 Å². The first-order valence-electron chi connectivity index (χ1n) is 8.86. The van der Waals surface area contributed by atoms with E-state index >= 15 is 0 Å². The van der Waals surface area contributed by atoms with Crippen molar-refractivity contribution >= 4 is 39.6 Å². The van der Waals surface area contributed by atoms with E-state index in [0.29, 0.717) is 12.1 Å². The van der Waals surface area contributed by atoms with Crippen LogP contribution in [0.4, 0.5) is 0 Å². The van der Waals surface area contributed by atoms with E-state index in [4.69, 9.17) is 4.98 Å². The third-order valence-electron chi connectivity index (χ3n) is 4.31. The van der Waals surface area contributed by atoms with Crippen molar-refractivity contribution in [3.05, 3.63) is 57.7 Å². The van der Waals surface area contributed by atoms with Crippen LogP contribution < -0.4 is 5.32 Å². The summed E-state index contributed by atoms with van der Waals surface area (Å²) in [5.74, 6) is -0.0833. The van der Waals surface area contributed by atoms with Crippen molar-refractivity contribution in [2.24, 2.45) is 0 Å². The van der Waals surface area contributed by atoms with Gasteiger partial charge in [0.15, 0.2) is 5.65 Å². The van der Waals surface area contributed by atoms with Gasteiger partial charge in [0.25, 0.3) is 5.91 Å². The van der Waals surface area contributed by atoms with Crippen LogP contribution in [0.5, 0.6) is 0 Å². The molecule has 0 fully saturated rings. The average molecular weight is 397 g/mol. The summed E-state index contributed by atoms with van der Waals surface area (Å²) in [5.41, 5.74) is 2.18. The number of nitrogens with zero attached hydrogens (tertiary/aromatic N) is 3. The van der Waals surface area contributed by atoms with Gasteiger partial charge in [0, 0.05) is 17.5 Å². The molecule has 1 N–H and O–H groups in total. The number of carbonyl (C=O) groups excluding carboxylic acids is 1. The number of rotatable bonds is 6. The van der Waals surface area contributed by atoms with E-state index < -0.39 is 0 Å². The Morgan fingerprint density at radius 2 is 2.04 bits per heavy atom. The molecular formula is C20H20N4OS2. The lowest BCUT2D eigenvalue weighted by atomic mass is 10.1. The van der Waals surface area contributed by atoms with Crippen LogP contribution in [-0.4, -0.2) is 27.2 Å². The highest BCUT2D eigenvalue weighted by Gasteiger charge is 2.18. The van der Waals surface area contributed by atoms with Crippen LogP contribution in [-0.2, 0) is 6.42 Å². The summed E-state index contributed by atoms with van der Waals surface area (Å²) in [6, 6.07) is 10.2. The third-order valence-corrected chi connectivity index (χ3v) is 6.14. The molecule has 0 saturated heterocycles. The van der Waals surface area contributed by atoms with Gasteiger partial charge in [0.05, 0.1) is 27.7 Å². The van der Waals surface area contributed by atoms with E-state index in [1.807, 2.05) is 34.3 Å². The van der Waals surface area contributed by atoms with Gasteiger partial charge in [-0.05, 0) is 49.2 Å². The lowest BCUT2D eigenvalue weighted by Crippen LogP contribution is -2.25. The minimum atomic E-state index is -0.0833. The molecular weight excluding hydrogens is 376 g/mol. The van der Waals surface area contributed by atoms with Crippen molar-refractivity contribution in [2.75, 3.05) is 6.54 Å². The van der Waals surface area contributed by atoms with E-state index in [9.17, 15) is 4.79 Å². The lowest BCUT2D eigenvalue weighted by molar-refractivity contribution is 0.0956. The Balaban J connectivity index is 1.68. The zero-order chi connectivity index (χ0) is 18.8. The third kappa shape index (κ3) is 3.65. The number of carbonyl (C=O) groups is 1. The Hall–Kier alpha value is -2.51. The first kappa shape index (κ1) is 17.9. The number of nitrogens with one attached hydrogen (secondary N) is 1. The molecule has 0 aromatic carbocycles. The second-order valence-corrected chi connectivity index (χ2v) is 8.52. The maximum atomic E-state index is 12.9. The van der Waals surface area contributed by atoms with Gasteiger partial charge < -0.3 is 5.32 Å². The van der Waals surface area contributed by atoms with Crippen molar-refractivity contribution in [1.82, 2.24) is 20.1 Å². The van der Waals surface area contributed by atoms with E-state index in [1.54, 1.807) is 28.9 Å². The molecule has 0 unspecified atom stereocenters. The average Bonchev–Trinajstić information content (AvgIpc) is 3.40. The lowest BCUT2D eigenvalue weighted by Gasteiger charge is -2.10. The molecule has 138 valence electrons. The summed E-state index contributed by atoms with van der Waals surface area (Å²) in [5, 5.41) is 12.4. The summed E-state index contributed by atoms with van der Waals surface area (Å²) in [7, 11) is 0. The molecule has 0 saturated carbocycles. The summed E-state index contributed by atoms with van der Waals surface area (Å²) in [4.78, 5) is 20.0. The fourth-order valence-corrected chi connectivity index (χ4v) is 4.38. The zero-order valence-corrected chi connectivity index (χ0v) is 16.8. The number of amides is 1. The van der Waals surface area contributed by atoms with Crippen molar-refractivity contribution in [3.63, 3.8) is 0 Å². The molecule has 5 nitrogen and oxygen atoms in total. The molecule has 0 aliphatic heterocycles. The van der Waals surface area contributed by atoms with Crippen molar-refractivity contribution in [3.8, 4) is 10.6 Å². The molecule has 4 rings (SSSR count). The molecule has 0 aliphatic carbocycles. The molecule has 0 spiro atoms. The smallest absolute Gasteiger partial charge is 0.252 e. The molecule has 27 heavy (non-hydrogen) atoms. The number of aromatic nitrogens is 3. The van der Waals surface area contributed by atoms with Crippen LogP contribution in [0.2, 0.25) is 0 Å². The first-order chi connectivity index (χ1) is 13.1. The van der Waals surface area contributed by atoms with Gasteiger partial charge >= 0.3 is 0 Å². The standard InChI is InChI=1S/C20H20N4OS2/c1-13(2)24-19-16(12-22-24)15(11-17(23-19)18-6-4-10-27-18)20(25)21-8-7-14-5-3-9-26-14/h3-6,9-13H,7-8H2,1-2H3,(H,21,25). The fraction of sp³-hybridized carbons (Fsp3) is 0.250. The van der Waals surface area contributed by atoms with E-state index in [2.05, 4.69) is 35.7 Å². The second kappa shape index (κ2) is 7.62. The van der Waals surface area contributed by atoms with Gasteiger partial charge in [-0.15, -0.1) is 22.7 Å². The maximum absolute atomic E-state index is 12.9. The highest BCUT2D eigenvalue weighted by molar-refractivity contribution is 7.13. The normalized spacial score (nSPS) is 11.4. The molecule has 7 heteroatoms. The Kier molecular flexibility index (Phi) is 5.05.